The molecule has 1 amide bonds. The number of amides is 1. The van der Waals surface area contributed by atoms with Crippen LogP contribution in [0, 0.1) is 6.92 Å². The van der Waals surface area contributed by atoms with Gasteiger partial charge in [0.15, 0.2) is 0 Å². The summed E-state index contributed by atoms with van der Waals surface area (Å²) in [4.78, 5) is 11.5. The summed E-state index contributed by atoms with van der Waals surface area (Å²) in [5, 5.41) is 0. The van der Waals surface area contributed by atoms with Crippen molar-refractivity contribution in [2.24, 2.45) is 5.73 Å². The maximum absolute atomic E-state index is 12.6. The Hall–Kier alpha value is -2.06. The summed E-state index contributed by atoms with van der Waals surface area (Å²) in [5.74, 6) is -0.194. The highest BCUT2D eigenvalue weighted by atomic mass is 79.9. The van der Waals surface area contributed by atoms with E-state index in [0.717, 1.165) is 0 Å². The fourth-order valence-corrected chi connectivity index (χ4v) is 3.89. The van der Waals surface area contributed by atoms with Gasteiger partial charge in [-0.3, -0.25) is 9.52 Å². The maximum atomic E-state index is 12.6. The van der Waals surface area contributed by atoms with Gasteiger partial charge in [0.1, 0.15) is 5.75 Å². The molecule has 122 valence electrons. The number of methoxy groups -OCH3 is 1. The van der Waals surface area contributed by atoms with Gasteiger partial charge in [0.2, 0.25) is 0 Å². The van der Waals surface area contributed by atoms with E-state index in [-0.39, 0.29) is 16.1 Å². The highest BCUT2D eigenvalue weighted by Gasteiger charge is 2.20. The molecule has 0 radical (unpaired) electrons. The Morgan fingerprint density at radius 3 is 2.52 bits per heavy atom. The fraction of sp³-hybridized carbons (Fsp3) is 0.133. The van der Waals surface area contributed by atoms with Gasteiger partial charge in [-0.2, -0.15) is 0 Å². The van der Waals surface area contributed by atoms with Crippen molar-refractivity contribution in [2.45, 2.75) is 11.8 Å². The Kier molecular flexibility index (Phi) is 4.96. The summed E-state index contributed by atoms with van der Waals surface area (Å²) in [7, 11) is -2.40. The summed E-state index contributed by atoms with van der Waals surface area (Å²) in [6, 6.07) is 9.16. The molecule has 3 N–H and O–H groups in total. The lowest BCUT2D eigenvalue weighted by atomic mass is 10.1. The number of nitrogens with one attached hydrogen (secondary N) is 1. The van der Waals surface area contributed by atoms with Crippen LogP contribution in [-0.2, 0) is 10.0 Å². The first-order valence-electron chi connectivity index (χ1n) is 6.52. The molecular formula is C15H15BrN2O4S. The highest BCUT2D eigenvalue weighted by molar-refractivity contribution is 9.10. The molecule has 0 unspecified atom stereocenters. The molecule has 0 spiro atoms. The average molecular weight is 399 g/mol. The summed E-state index contributed by atoms with van der Waals surface area (Å²) in [6.07, 6.45) is 0. The monoisotopic (exact) mass is 398 g/mol. The molecule has 0 aliphatic carbocycles. The maximum Gasteiger partial charge on any atom is 0.261 e. The fourth-order valence-electron chi connectivity index (χ4n) is 2.02. The Bertz CT molecular complexity index is 866. The first-order chi connectivity index (χ1) is 10.8. The molecule has 0 fully saturated rings. The number of hydrogen-bond acceptors (Lipinski definition) is 4. The second kappa shape index (κ2) is 6.59. The summed E-state index contributed by atoms with van der Waals surface area (Å²) < 4.78 is 33.1. The first-order valence-corrected chi connectivity index (χ1v) is 8.79. The van der Waals surface area contributed by atoms with E-state index in [1.54, 1.807) is 19.1 Å². The number of para-hydroxylation sites is 1. The van der Waals surface area contributed by atoms with E-state index < -0.39 is 15.9 Å². The van der Waals surface area contributed by atoms with Gasteiger partial charge in [0.05, 0.1) is 27.7 Å². The van der Waals surface area contributed by atoms with Crippen molar-refractivity contribution < 1.29 is 17.9 Å². The predicted molar refractivity (Wildman–Crippen MR) is 91.2 cm³/mol. The SMILES string of the molecule is COc1ccc(S(=O)(=O)Nc2c(C)cccc2C(N)=O)cc1Br. The van der Waals surface area contributed by atoms with Crippen molar-refractivity contribution in [1.82, 2.24) is 0 Å². The van der Waals surface area contributed by atoms with E-state index >= 15 is 0 Å². The van der Waals surface area contributed by atoms with Gasteiger partial charge in [0, 0.05) is 0 Å². The van der Waals surface area contributed by atoms with Gasteiger partial charge in [-0.15, -0.1) is 0 Å². The van der Waals surface area contributed by atoms with Crippen molar-refractivity contribution in [1.29, 1.82) is 0 Å². The normalized spacial score (nSPS) is 11.1. The van der Waals surface area contributed by atoms with Crippen molar-refractivity contribution in [2.75, 3.05) is 11.8 Å². The number of primary amides is 1. The van der Waals surface area contributed by atoms with Gasteiger partial charge in [-0.1, -0.05) is 12.1 Å². The molecule has 0 heterocycles. The van der Waals surface area contributed by atoms with Gasteiger partial charge < -0.3 is 10.5 Å². The lowest BCUT2D eigenvalue weighted by molar-refractivity contribution is 0.100. The minimum absolute atomic E-state index is 0.0313. The number of hydrogen-bond donors (Lipinski definition) is 2. The largest absolute Gasteiger partial charge is 0.496 e. The van der Waals surface area contributed by atoms with E-state index in [9.17, 15) is 13.2 Å². The Morgan fingerprint density at radius 2 is 1.96 bits per heavy atom. The number of ether oxygens (including phenoxy) is 1. The summed E-state index contributed by atoms with van der Waals surface area (Å²) in [5.41, 5.74) is 6.19. The van der Waals surface area contributed by atoms with E-state index in [1.165, 1.54) is 31.4 Å². The number of benzene rings is 2. The second-order valence-corrected chi connectivity index (χ2v) is 7.30. The van der Waals surface area contributed by atoms with Crippen LogP contribution in [0.2, 0.25) is 0 Å². The topological polar surface area (TPSA) is 98.5 Å². The van der Waals surface area contributed by atoms with E-state index in [0.29, 0.717) is 15.8 Å². The van der Waals surface area contributed by atoms with Crippen molar-refractivity contribution in [3.05, 3.63) is 52.0 Å². The molecule has 6 nitrogen and oxygen atoms in total. The van der Waals surface area contributed by atoms with Crippen LogP contribution < -0.4 is 15.2 Å². The van der Waals surface area contributed by atoms with E-state index in [2.05, 4.69) is 20.7 Å². The predicted octanol–water partition coefficient (Wildman–Crippen LogP) is 2.67. The molecule has 23 heavy (non-hydrogen) atoms. The molecule has 0 aliphatic rings. The van der Waals surface area contributed by atoms with Gasteiger partial charge in [0.25, 0.3) is 15.9 Å². The molecule has 2 rings (SSSR count). The van der Waals surface area contributed by atoms with Crippen LogP contribution in [-0.4, -0.2) is 21.4 Å². The molecule has 0 saturated heterocycles. The van der Waals surface area contributed by atoms with Crippen molar-refractivity contribution >= 4 is 37.5 Å². The average Bonchev–Trinajstić information content (AvgIpc) is 2.48. The molecule has 2 aromatic carbocycles. The third-order valence-electron chi connectivity index (χ3n) is 3.21. The number of aryl methyl sites for hydroxylation is 1. The minimum atomic E-state index is -3.88. The molecular weight excluding hydrogens is 384 g/mol. The molecule has 2 aromatic rings. The van der Waals surface area contributed by atoms with Crippen LogP contribution in [0.15, 0.2) is 45.8 Å². The van der Waals surface area contributed by atoms with E-state index in [4.69, 9.17) is 10.5 Å². The van der Waals surface area contributed by atoms with Crippen LogP contribution >= 0.6 is 15.9 Å². The number of rotatable bonds is 5. The quantitative estimate of drug-likeness (QED) is 0.808. The zero-order chi connectivity index (χ0) is 17.2. The summed E-state index contributed by atoms with van der Waals surface area (Å²) >= 11 is 3.25. The number of anilines is 1. The molecule has 0 aliphatic heterocycles. The van der Waals surface area contributed by atoms with Crippen LogP contribution in [0.1, 0.15) is 15.9 Å². The molecule has 0 atom stereocenters. The van der Waals surface area contributed by atoms with Gasteiger partial charge in [-0.05, 0) is 52.7 Å². The summed E-state index contributed by atoms with van der Waals surface area (Å²) in [6.45, 7) is 1.69. The van der Waals surface area contributed by atoms with Crippen LogP contribution in [0.25, 0.3) is 0 Å². The highest BCUT2D eigenvalue weighted by Crippen LogP contribution is 2.29. The molecule has 0 saturated carbocycles. The third-order valence-corrected chi connectivity index (χ3v) is 5.18. The molecule has 0 aromatic heterocycles. The lowest BCUT2D eigenvalue weighted by Gasteiger charge is -2.14. The van der Waals surface area contributed by atoms with E-state index in [1.807, 2.05) is 0 Å². The first kappa shape index (κ1) is 17.3. The third kappa shape index (κ3) is 3.65. The smallest absolute Gasteiger partial charge is 0.261 e. The Labute approximate surface area is 142 Å². The van der Waals surface area contributed by atoms with Crippen LogP contribution in [0.4, 0.5) is 5.69 Å². The second-order valence-electron chi connectivity index (χ2n) is 4.76. The lowest BCUT2D eigenvalue weighted by Crippen LogP contribution is -2.19. The van der Waals surface area contributed by atoms with Crippen molar-refractivity contribution in [3.8, 4) is 5.75 Å². The van der Waals surface area contributed by atoms with Gasteiger partial charge in [-0.25, -0.2) is 8.42 Å². The zero-order valence-electron chi connectivity index (χ0n) is 12.5. The van der Waals surface area contributed by atoms with Gasteiger partial charge >= 0.3 is 0 Å². The number of carbonyl (C=O) groups is 1. The number of halogens is 1. The number of nitrogens with two attached hydrogens (primary N) is 1. The van der Waals surface area contributed by atoms with Crippen LogP contribution in [0.5, 0.6) is 5.75 Å². The van der Waals surface area contributed by atoms with Crippen molar-refractivity contribution in [3.63, 3.8) is 0 Å². The Balaban J connectivity index is 2.47. The number of carbonyl (C=O) groups excluding carboxylic acids is 1. The zero-order valence-corrected chi connectivity index (χ0v) is 14.9. The molecule has 8 heteroatoms. The number of sulfonamides is 1. The molecule has 0 bridgehead atoms. The Morgan fingerprint density at radius 1 is 1.26 bits per heavy atom. The minimum Gasteiger partial charge on any atom is -0.496 e. The van der Waals surface area contributed by atoms with Crippen LogP contribution in [0.3, 0.4) is 0 Å². The standard InChI is InChI=1S/C15H15BrN2O4S/c1-9-4-3-5-11(15(17)19)14(9)18-23(20,21)10-6-7-13(22-2)12(16)8-10/h3-8,18H,1-2H3,(H2,17,19).